The summed E-state index contributed by atoms with van der Waals surface area (Å²) in [5, 5.41) is 0. The number of halogens is 2. The Morgan fingerprint density at radius 1 is 1.13 bits per heavy atom. The summed E-state index contributed by atoms with van der Waals surface area (Å²) in [4.78, 5) is 17.0. The van der Waals surface area contributed by atoms with Crippen molar-refractivity contribution in [2.75, 3.05) is 20.1 Å². The van der Waals surface area contributed by atoms with Crippen LogP contribution in [0.1, 0.15) is 58.8 Å². The van der Waals surface area contributed by atoms with Gasteiger partial charge in [0.15, 0.2) is 0 Å². The van der Waals surface area contributed by atoms with E-state index in [0.29, 0.717) is 30.3 Å². The largest absolute Gasteiger partial charge is 0.343 e. The Hall–Kier alpha value is -0.0300. The number of hydrogen-bond donors (Lipinski definition) is 1. The molecule has 1 amide bonds. The van der Waals surface area contributed by atoms with Gasteiger partial charge < -0.3 is 15.5 Å². The number of nitrogens with zero attached hydrogens (tertiary/aromatic N) is 2. The fraction of sp³-hybridized carbons (Fsp3) is 0.941. The molecule has 1 saturated carbocycles. The van der Waals surface area contributed by atoms with Crippen molar-refractivity contribution in [3.8, 4) is 0 Å². The summed E-state index contributed by atoms with van der Waals surface area (Å²) < 4.78 is 0. The van der Waals surface area contributed by atoms with Crippen LogP contribution in [0.2, 0.25) is 0 Å². The maximum absolute atomic E-state index is 12.5. The molecular formula is C17H35Cl2N3O. The van der Waals surface area contributed by atoms with Crippen LogP contribution in [0, 0.1) is 5.92 Å². The molecule has 0 aromatic carbocycles. The molecule has 4 nitrogen and oxygen atoms in total. The predicted octanol–water partition coefficient (Wildman–Crippen LogP) is 3.07. The van der Waals surface area contributed by atoms with Crippen molar-refractivity contribution in [2.24, 2.45) is 11.7 Å². The Balaban J connectivity index is 0.00000242. The van der Waals surface area contributed by atoms with Crippen molar-refractivity contribution in [2.45, 2.75) is 76.9 Å². The summed E-state index contributed by atoms with van der Waals surface area (Å²) in [6.45, 7) is 6.73. The lowest BCUT2D eigenvalue weighted by molar-refractivity contribution is -0.134. The van der Waals surface area contributed by atoms with E-state index in [4.69, 9.17) is 5.73 Å². The number of likely N-dealkylation sites (tertiary alicyclic amines) is 1. The van der Waals surface area contributed by atoms with Crippen LogP contribution in [-0.4, -0.2) is 54.0 Å². The van der Waals surface area contributed by atoms with E-state index in [9.17, 15) is 4.79 Å². The summed E-state index contributed by atoms with van der Waals surface area (Å²) in [5.41, 5.74) is 6.18. The molecule has 6 heteroatoms. The molecular weight excluding hydrogens is 333 g/mol. The number of rotatable bonds is 4. The SMILES string of the molecule is CC(C)N1CCC(N(C)C(=O)CC2CCCCC2N)CC1.Cl.Cl. The monoisotopic (exact) mass is 367 g/mol. The number of piperidine rings is 1. The van der Waals surface area contributed by atoms with Crippen LogP contribution in [0.25, 0.3) is 0 Å². The lowest BCUT2D eigenvalue weighted by atomic mass is 9.82. The van der Waals surface area contributed by atoms with Crippen LogP contribution in [0.15, 0.2) is 0 Å². The van der Waals surface area contributed by atoms with Crippen LogP contribution >= 0.6 is 24.8 Å². The van der Waals surface area contributed by atoms with Gasteiger partial charge >= 0.3 is 0 Å². The minimum Gasteiger partial charge on any atom is -0.343 e. The second kappa shape index (κ2) is 10.8. The zero-order chi connectivity index (χ0) is 15.4. The Labute approximate surface area is 154 Å². The normalized spacial score (nSPS) is 26.3. The van der Waals surface area contributed by atoms with Crippen LogP contribution in [0.5, 0.6) is 0 Å². The molecule has 1 aliphatic heterocycles. The smallest absolute Gasteiger partial charge is 0.222 e. The molecule has 0 radical (unpaired) electrons. The standard InChI is InChI=1S/C17H33N3O.2ClH/c1-13(2)20-10-8-15(9-11-20)19(3)17(21)12-14-6-4-5-7-16(14)18;;/h13-16H,4-12,18H2,1-3H3;2*1H. The Morgan fingerprint density at radius 3 is 2.22 bits per heavy atom. The molecule has 2 N–H and O–H groups in total. The zero-order valence-electron chi connectivity index (χ0n) is 14.9. The first-order valence-corrected chi connectivity index (χ1v) is 8.74. The van der Waals surface area contributed by atoms with E-state index in [0.717, 1.165) is 38.8 Å². The van der Waals surface area contributed by atoms with Gasteiger partial charge in [0.2, 0.25) is 5.91 Å². The summed E-state index contributed by atoms with van der Waals surface area (Å²) in [7, 11) is 1.99. The number of carbonyl (C=O) groups excluding carboxylic acids is 1. The van der Waals surface area contributed by atoms with Crippen LogP contribution < -0.4 is 5.73 Å². The van der Waals surface area contributed by atoms with Crippen LogP contribution in [0.4, 0.5) is 0 Å². The summed E-state index contributed by atoms with van der Waals surface area (Å²) >= 11 is 0. The third-order valence-electron chi connectivity index (χ3n) is 5.58. The molecule has 1 aliphatic carbocycles. The average Bonchev–Trinajstić information content (AvgIpc) is 2.49. The molecule has 0 bridgehead atoms. The van der Waals surface area contributed by atoms with E-state index < -0.39 is 0 Å². The van der Waals surface area contributed by atoms with Gasteiger partial charge in [0.05, 0.1) is 0 Å². The minimum atomic E-state index is 0. The first-order chi connectivity index (χ1) is 9.99. The summed E-state index contributed by atoms with van der Waals surface area (Å²) in [6.07, 6.45) is 7.56. The predicted molar refractivity (Wildman–Crippen MR) is 102 cm³/mol. The van der Waals surface area contributed by atoms with E-state index in [1.54, 1.807) is 0 Å². The molecule has 2 unspecified atom stereocenters. The molecule has 138 valence electrons. The van der Waals surface area contributed by atoms with Gasteiger partial charge in [-0.1, -0.05) is 12.8 Å². The Bertz CT molecular complexity index is 347. The molecule has 0 aromatic rings. The van der Waals surface area contributed by atoms with Crippen molar-refractivity contribution < 1.29 is 4.79 Å². The van der Waals surface area contributed by atoms with Crippen molar-refractivity contribution >= 4 is 30.7 Å². The fourth-order valence-electron chi connectivity index (χ4n) is 3.85. The van der Waals surface area contributed by atoms with Gasteiger partial charge in [0.25, 0.3) is 0 Å². The van der Waals surface area contributed by atoms with Crippen molar-refractivity contribution in [3.63, 3.8) is 0 Å². The van der Waals surface area contributed by atoms with Gasteiger partial charge in [0, 0.05) is 44.7 Å². The van der Waals surface area contributed by atoms with E-state index in [1.807, 2.05) is 11.9 Å². The Morgan fingerprint density at radius 2 is 1.70 bits per heavy atom. The third kappa shape index (κ3) is 6.41. The first kappa shape index (κ1) is 23.0. The van der Waals surface area contributed by atoms with Crippen molar-refractivity contribution in [1.29, 1.82) is 0 Å². The molecule has 2 fully saturated rings. The molecule has 23 heavy (non-hydrogen) atoms. The molecule has 2 atom stereocenters. The van der Waals surface area contributed by atoms with Gasteiger partial charge in [-0.25, -0.2) is 0 Å². The summed E-state index contributed by atoms with van der Waals surface area (Å²) in [5.74, 6) is 0.713. The number of carbonyl (C=O) groups is 1. The molecule has 0 aromatic heterocycles. The first-order valence-electron chi connectivity index (χ1n) is 8.74. The molecule has 2 rings (SSSR count). The highest BCUT2D eigenvalue weighted by molar-refractivity contribution is 5.85. The van der Waals surface area contributed by atoms with Gasteiger partial charge in [-0.2, -0.15) is 0 Å². The lowest BCUT2D eigenvalue weighted by Gasteiger charge is -2.39. The second-order valence-corrected chi connectivity index (χ2v) is 7.28. The quantitative estimate of drug-likeness (QED) is 0.830. The van der Waals surface area contributed by atoms with Crippen LogP contribution in [0.3, 0.4) is 0 Å². The Kier molecular flexibility index (Phi) is 10.7. The number of nitrogens with two attached hydrogens (primary N) is 1. The highest BCUT2D eigenvalue weighted by Gasteiger charge is 2.29. The molecule has 1 heterocycles. The zero-order valence-corrected chi connectivity index (χ0v) is 16.5. The maximum atomic E-state index is 12.5. The highest BCUT2D eigenvalue weighted by atomic mass is 35.5. The average molecular weight is 368 g/mol. The second-order valence-electron chi connectivity index (χ2n) is 7.28. The van der Waals surface area contributed by atoms with Crippen molar-refractivity contribution in [1.82, 2.24) is 9.80 Å². The molecule has 1 saturated heterocycles. The lowest BCUT2D eigenvalue weighted by Crippen LogP contribution is -2.48. The van der Waals surface area contributed by atoms with E-state index >= 15 is 0 Å². The third-order valence-corrected chi connectivity index (χ3v) is 5.58. The van der Waals surface area contributed by atoms with E-state index in [2.05, 4.69) is 18.7 Å². The van der Waals surface area contributed by atoms with E-state index in [-0.39, 0.29) is 30.9 Å². The topological polar surface area (TPSA) is 49.6 Å². The van der Waals surface area contributed by atoms with Gasteiger partial charge in [-0.05, 0) is 45.4 Å². The summed E-state index contributed by atoms with van der Waals surface area (Å²) in [6, 6.07) is 1.28. The van der Waals surface area contributed by atoms with Gasteiger partial charge in [0.1, 0.15) is 0 Å². The minimum absolute atomic E-state index is 0. The molecule has 0 spiro atoms. The van der Waals surface area contributed by atoms with Gasteiger partial charge in [-0.15, -0.1) is 24.8 Å². The van der Waals surface area contributed by atoms with Crippen LogP contribution in [-0.2, 0) is 4.79 Å². The van der Waals surface area contributed by atoms with E-state index in [1.165, 1.54) is 12.8 Å². The maximum Gasteiger partial charge on any atom is 0.222 e. The number of amides is 1. The number of hydrogen-bond acceptors (Lipinski definition) is 3. The van der Waals surface area contributed by atoms with Gasteiger partial charge in [-0.3, -0.25) is 4.79 Å². The highest BCUT2D eigenvalue weighted by Crippen LogP contribution is 2.27. The fourth-order valence-corrected chi connectivity index (χ4v) is 3.85. The molecule has 2 aliphatic rings. The van der Waals surface area contributed by atoms with Crippen molar-refractivity contribution in [3.05, 3.63) is 0 Å².